The molecule has 1 atom stereocenters. The Kier molecular flexibility index (Phi) is 6.76. The molecule has 8 nitrogen and oxygen atoms in total. The molecule has 1 aliphatic carbocycles. The SMILES string of the molecule is Cc1noc(C(C)C)c1C(=O)O[C@@H](C)C(=O)NC(=O)NC1CCCCC1. The summed E-state index contributed by atoms with van der Waals surface area (Å²) in [5.74, 6) is -1.01. The molecule has 1 saturated carbocycles. The summed E-state index contributed by atoms with van der Waals surface area (Å²) < 4.78 is 10.3. The van der Waals surface area contributed by atoms with Crippen LogP contribution in [-0.4, -0.2) is 35.2 Å². The summed E-state index contributed by atoms with van der Waals surface area (Å²) in [4.78, 5) is 36.4. The van der Waals surface area contributed by atoms with E-state index in [0.29, 0.717) is 11.5 Å². The van der Waals surface area contributed by atoms with Gasteiger partial charge in [0.2, 0.25) is 0 Å². The molecule has 144 valence electrons. The summed E-state index contributed by atoms with van der Waals surface area (Å²) in [7, 11) is 0. The smallest absolute Gasteiger partial charge is 0.344 e. The van der Waals surface area contributed by atoms with Gasteiger partial charge in [0.05, 0.1) is 5.69 Å². The molecule has 0 radical (unpaired) electrons. The highest BCUT2D eigenvalue weighted by atomic mass is 16.5. The number of esters is 1. The van der Waals surface area contributed by atoms with Crippen LogP contribution in [0.4, 0.5) is 4.79 Å². The fraction of sp³-hybridized carbons (Fsp3) is 0.667. The minimum atomic E-state index is -1.12. The van der Waals surface area contributed by atoms with Crippen LogP contribution in [0.2, 0.25) is 0 Å². The van der Waals surface area contributed by atoms with Gasteiger partial charge >= 0.3 is 12.0 Å². The number of carbonyl (C=O) groups is 3. The fourth-order valence-electron chi connectivity index (χ4n) is 2.98. The Hall–Kier alpha value is -2.38. The van der Waals surface area contributed by atoms with Crippen molar-refractivity contribution in [2.45, 2.75) is 77.9 Å². The van der Waals surface area contributed by atoms with Crippen molar-refractivity contribution < 1.29 is 23.6 Å². The van der Waals surface area contributed by atoms with E-state index in [2.05, 4.69) is 15.8 Å². The number of aromatic nitrogens is 1. The second kappa shape index (κ2) is 8.82. The van der Waals surface area contributed by atoms with E-state index in [0.717, 1.165) is 25.7 Å². The van der Waals surface area contributed by atoms with Crippen LogP contribution < -0.4 is 10.6 Å². The van der Waals surface area contributed by atoms with Crippen LogP contribution in [-0.2, 0) is 9.53 Å². The zero-order valence-corrected chi connectivity index (χ0v) is 15.8. The van der Waals surface area contributed by atoms with Gasteiger partial charge in [0.25, 0.3) is 5.91 Å². The number of ether oxygens (including phenoxy) is 1. The van der Waals surface area contributed by atoms with Crippen LogP contribution >= 0.6 is 0 Å². The fourth-order valence-corrected chi connectivity index (χ4v) is 2.98. The van der Waals surface area contributed by atoms with Crippen molar-refractivity contribution in [3.63, 3.8) is 0 Å². The van der Waals surface area contributed by atoms with E-state index in [9.17, 15) is 14.4 Å². The highest BCUT2D eigenvalue weighted by Crippen LogP contribution is 2.23. The van der Waals surface area contributed by atoms with Crippen molar-refractivity contribution in [3.05, 3.63) is 17.0 Å². The number of aryl methyl sites for hydroxylation is 1. The molecule has 8 heteroatoms. The number of carbonyl (C=O) groups excluding carboxylic acids is 3. The number of imide groups is 1. The van der Waals surface area contributed by atoms with Gasteiger partial charge in [-0.1, -0.05) is 38.3 Å². The van der Waals surface area contributed by atoms with Gasteiger partial charge in [-0.25, -0.2) is 9.59 Å². The topological polar surface area (TPSA) is 111 Å². The van der Waals surface area contributed by atoms with Gasteiger partial charge in [-0.2, -0.15) is 0 Å². The molecule has 0 spiro atoms. The lowest BCUT2D eigenvalue weighted by Crippen LogP contribution is -2.48. The second-order valence-corrected chi connectivity index (χ2v) is 7.01. The van der Waals surface area contributed by atoms with E-state index in [-0.39, 0.29) is 17.5 Å². The average molecular weight is 365 g/mol. The molecule has 1 aromatic rings. The molecule has 1 fully saturated rings. The Morgan fingerprint density at radius 1 is 1.15 bits per heavy atom. The van der Waals surface area contributed by atoms with Gasteiger partial charge in [-0.3, -0.25) is 10.1 Å². The Labute approximate surface area is 153 Å². The van der Waals surface area contributed by atoms with Gasteiger partial charge in [0.15, 0.2) is 11.9 Å². The number of hydrogen-bond acceptors (Lipinski definition) is 6. The molecule has 2 N–H and O–H groups in total. The van der Waals surface area contributed by atoms with Gasteiger partial charge in [0.1, 0.15) is 5.56 Å². The normalized spacial score (nSPS) is 16.2. The van der Waals surface area contributed by atoms with Crippen LogP contribution in [0.1, 0.15) is 80.6 Å². The third-order valence-corrected chi connectivity index (χ3v) is 4.45. The highest BCUT2D eigenvalue weighted by Gasteiger charge is 2.28. The van der Waals surface area contributed by atoms with Crippen molar-refractivity contribution >= 4 is 17.9 Å². The standard InChI is InChI=1S/C18H27N3O5/c1-10(2)15-14(11(3)21-26-15)17(23)25-12(4)16(22)20-18(24)19-13-8-6-5-7-9-13/h10,12-13H,5-9H2,1-4H3,(H2,19,20,22,24)/t12-/m0/s1. The number of amides is 3. The second-order valence-electron chi connectivity index (χ2n) is 7.01. The summed E-state index contributed by atoms with van der Waals surface area (Å²) in [5, 5.41) is 8.79. The first-order chi connectivity index (χ1) is 12.3. The van der Waals surface area contributed by atoms with E-state index in [1.54, 1.807) is 6.92 Å². The van der Waals surface area contributed by atoms with Gasteiger partial charge < -0.3 is 14.6 Å². The first kappa shape index (κ1) is 19.9. The molecule has 2 rings (SSSR count). The number of rotatable bonds is 5. The highest BCUT2D eigenvalue weighted by molar-refractivity contribution is 5.99. The van der Waals surface area contributed by atoms with Crippen LogP contribution in [0.25, 0.3) is 0 Å². The zero-order chi connectivity index (χ0) is 19.3. The van der Waals surface area contributed by atoms with Crippen LogP contribution in [0, 0.1) is 6.92 Å². The van der Waals surface area contributed by atoms with Gasteiger partial charge in [-0.05, 0) is 26.7 Å². The monoisotopic (exact) mass is 365 g/mol. The molecular formula is C18H27N3O5. The maximum absolute atomic E-state index is 12.4. The Morgan fingerprint density at radius 2 is 1.81 bits per heavy atom. The first-order valence-electron chi connectivity index (χ1n) is 9.08. The van der Waals surface area contributed by atoms with Crippen molar-refractivity contribution in [3.8, 4) is 0 Å². The summed E-state index contributed by atoms with van der Waals surface area (Å²) in [6, 6.07) is -0.475. The van der Waals surface area contributed by atoms with Gasteiger partial charge in [-0.15, -0.1) is 0 Å². The molecule has 1 heterocycles. The molecule has 1 aliphatic rings. The lowest BCUT2D eigenvalue weighted by Gasteiger charge is -2.23. The largest absolute Gasteiger partial charge is 0.449 e. The van der Waals surface area contributed by atoms with E-state index in [1.807, 2.05) is 13.8 Å². The molecule has 0 aliphatic heterocycles. The number of nitrogens with zero attached hydrogens (tertiary/aromatic N) is 1. The van der Waals surface area contributed by atoms with Crippen molar-refractivity contribution in [2.24, 2.45) is 0 Å². The number of nitrogens with one attached hydrogen (secondary N) is 2. The maximum atomic E-state index is 12.4. The van der Waals surface area contributed by atoms with Crippen molar-refractivity contribution in [1.82, 2.24) is 15.8 Å². The molecule has 0 bridgehead atoms. The third-order valence-electron chi connectivity index (χ3n) is 4.45. The summed E-state index contributed by atoms with van der Waals surface area (Å²) in [5.41, 5.74) is 0.632. The predicted molar refractivity (Wildman–Crippen MR) is 93.8 cm³/mol. The lowest BCUT2D eigenvalue weighted by atomic mass is 9.96. The molecule has 0 unspecified atom stereocenters. The molecule has 0 aromatic carbocycles. The van der Waals surface area contributed by atoms with E-state index in [1.165, 1.54) is 13.3 Å². The molecule has 0 saturated heterocycles. The van der Waals surface area contributed by atoms with Crippen LogP contribution in [0.3, 0.4) is 0 Å². The zero-order valence-electron chi connectivity index (χ0n) is 15.8. The first-order valence-corrected chi connectivity index (χ1v) is 9.08. The quantitative estimate of drug-likeness (QED) is 0.776. The summed E-state index contributed by atoms with van der Waals surface area (Å²) in [6.07, 6.45) is 4.03. The summed E-state index contributed by atoms with van der Waals surface area (Å²) in [6.45, 7) is 6.78. The van der Waals surface area contributed by atoms with Crippen LogP contribution in [0.15, 0.2) is 4.52 Å². The molecule has 1 aromatic heterocycles. The van der Waals surface area contributed by atoms with Crippen molar-refractivity contribution in [1.29, 1.82) is 0 Å². The molecule has 3 amide bonds. The van der Waals surface area contributed by atoms with Gasteiger partial charge in [0, 0.05) is 12.0 Å². The van der Waals surface area contributed by atoms with E-state index in [4.69, 9.17) is 9.26 Å². The average Bonchev–Trinajstić information content (AvgIpc) is 2.97. The van der Waals surface area contributed by atoms with Crippen LogP contribution in [0.5, 0.6) is 0 Å². The molecule has 26 heavy (non-hydrogen) atoms. The maximum Gasteiger partial charge on any atom is 0.344 e. The number of urea groups is 1. The Balaban J connectivity index is 1.89. The third kappa shape index (κ3) is 5.06. The number of hydrogen-bond donors (Lipinski definition) is 2. The Morgan fingerprint density at radius 3 is 2.42 bits per heavy atom. The van der Waals surface area contributed by atoms with Crippen molar-refractivity contribution in [2.75, 3.05) is 0 Å². The van der Waals surface area contributed by atoms with E-state index >= 15 is 0 Å². The minimum Gasteiger partial charge on any atom is -0.449 e. The van der Waals surface area contributed by atoms with E-state index < -0.39 is 24.0 Å². The Bertz CT molecular complexity index is 662. The molecular weight excluding hydrogens is 338 g/mol. The predicted octanol–water partition coefficient (Wildman–Crippen LogP) is 2.81. The lowest BCUT2D eigenvalue weighted by molar-refractivity contribution is -0.127. The minimum absolute atomic E-state index is 0.0517. The summed E-state index contributed by atoms with van der Waals surface area (Å²) >= 11 is 0.